The molecule has 3 aromatic rings. The predicted octanol–water partition coefficient (Wildman–Crippen LogP) is 4.21. The fourth-order valence-corrected chi connectivity index (χ4v) is 5.77. The first-order chi connectivity index (χ1) is 18.5. The van der Waals surface area contributed by atoms with Crippen LogP contribution >= 0.6 is 0 Å². The summed E-state index contributed by atoms with van der Waals surface area (Å²) in [5, 5.41) is 7.76. The van der Waals surface area contributed by atoms with Gasteiger partial charge in [-0.05, 0) is 49.1 Å². The molecule has 2 aromatic heterocycles. The van der Waals surface area contributed by atoms with Crippen molar-refractivity contribution in [2.24, 2.45) is 17.6 Å². The molecule has 9 heteroatoms. The Morgan fingerprint density at radius 1 is 1.03 bits per heavy atom. The third-order valence-corrected chi connectivity index (χ3v) is 7.91. The second-order valence-corrected chi connectivity index (χ2v) is 10.6. The van der Waals surface area contributed by atoms with Crippen LogP contribution in [0, 0.1) is 17.2 Å². The number of ketones is 1. The van der Waals surface area contributed by atoms with Gasteiger partial charge in [-0.25, -0.2) is 4.98 Å². The summed E-state index contributed by atoms with van der Waals surface area (Å²) in [6.07, 6.45) is 11.5. The highest BCUT2D eigenvalue weighted by atomic mass is 16.5. The minimum atomic E-state index is -0.226. The minimum absolute atomic E-state index is 0.00416. The molecular weight excluding hydrogens is 480 g/mol. The molecule has 3 N–H and O–H groups in total. The average molecular weight is 517 g/mol. The number of amidine groups is 1. The standard InChI is InChI=1S/C29H36N6O3/c30-28(31)22-6-7-26-25(17-22)33-27(35(26)18-24(36)16-20-4-2-1-3-5-20)19-38-29(37)21-10-14-34(15-11-21)23-8-12-32-13-9-23/h6-9,12-13,17,20-21H,1-5,10-11,14-16,18-19H2,(H3,30,31). The van der Waals surface area contributed by atoms with E-state index in [9.17, 15) is 9.59 Å². The molecule has 1 aromatic carbocycles. The normalized spacial score (nSPS) is 17.0. The number of nitrogens with one attached hydrogen (secondary N) is 1. The number of anilines is 1. The van der Waals surface area contributed by atoms with Crippen LogP contribution in [0.25, 0.3) is 11.0 Å². The highest BCUT2D eigenvalue weighted by Crippen LogP contribution is 2.28. The summed E-state index contributed by atoms with van der Waals surface area (Å²) in [4.78, 5) is 37.1. The van der Waals surface area contributed by atoms with Crippen LogP contribution in [0.5, 0.6) is 0 Å². The molecule has 0 amide bonds. The number of nitrogens with zero attached hydrogens (tertiary/aromatic N) is 4. The molecule has 38 heavy (non-hydrogen) atoms. The van der Waals surface area contributed by atoms with E-state index in [1.807, 2.05) is 22.8 Å². The molecule has 9 nitrogen and oxygen atoms in total. The fourth-order valence-electron chi connectivity index (χ4n) is 5.77. The molecule has 5 rings (SSSR count). The number of pyridine rings is 1. The van der Waals surface area contributed by atoms with Crippen molar-refractivity contribution in [1.82, 2.24) is 14.5 Å². The van der Waals surface area contributed by atoms with E-state index >= 15 is 0 Å². The number of hydrogen-bond acceptors (Lipinski definition) is 7. The number of esters is 1. The van der Waals surface area contributed by atoms with Gasteiger partial charge in [-0.2, -0.15) is 0 Å². The number of nitrogen functional groups attached to an aromatic ring is 1. The maximum atomic E-state index is 13.1. The summed E-state index contributed by atoms with van der Waals surface area (Å²) in [6, 6.07) is 9.32. The third-order valence-electron chi connectivity index (χ3n) is 7.91. The van der Waals surface area contributed by atoms with Gasteiger partial charge in [0.2, 0.25) is 0 Å². The predicted molar refractivity (Wildman–Crippen MR) is 146 cm³/mol. The smallest absolute Gasteiger partial charge is 0.309 e. The van der Waals surface area contributed by atoms with Crippen molar-refractivity contribution in [3.63, 3.8) is 0 Å². The Bertz CT molecular complexity index is 1290. The Hall–Kier alpha value is -3.75. The molecule has 1 aliphatic heterocycles. The fraction of sp³-hybridized carbons (Fsp3) is 0.483. The average Bonchev–Trinajstić information content (AvgIpc) is 3.29. The molecule has 2 aliphatic rings. The first kappa shape index (κ1) is 25.9. The Labute approximate surface area is 222 Å². The van der Waals surface area contributed by atoms with E-state index in [0.29, 0.717) is 29.2 Å². The molecule has 0 radical (unpaired) electrons. The summed E-state index contributed by atoms with van der Waals surface area (Å²) >= 11 is 0. The lowest BCUT2D eigenvalue weighted by Gasteiger charge is -2.32. The van der Waals surface area contributed by atoms with Crippen molar-refractivity contribution < 1.29 is 14.3 Å². The lowest BCUT2D eigenvalue weighted by atomic mass is 9.86. The van der Waals surface area contributed by atoms with Crippen molar-refractivity contribution in [2.45, 2.75) is 64.5 Å². The zero-order valence-electron chi connectivity index (χ0n) is 21.8. The molecular formula is C29H36N6O3. The second-order valence-electron chi connectivity index (χ2n) is 10.6. The Kier molecular flexibility index (Phi) is 8.00. The maximum Gasteiger partial charge on any atom is 0.309 e. The maximum absolute atomic E-state index is 13.1. The van der Waals surface area contributed by atoms with Crippen molar-refractivity contribution >= 4 is 34.3 Å². The molecule has 3 heterocycles. The van der Waals surface area contributed by atoms with E-state index in [1.54, 1.807) is 24.5 Å². The number of piperidine rings is 1. The van der Waals surface area contributed by atoms with Crippen molar-refractivity contribution in [3.8, 4) is 0 Å². The lowest BCUT2D eigenvalue weighted by Crippen LogP contribution is -2.37. The molecule has 0 atom stereocenters. The van der Waals surface area contributed by atoms with E-state index in [1.165, 1.54) is 19.3 Å². The van der Waals surface area contributed by atoms with Crippen molar-refractivity contribution in [1.29, 1.82) is 5.41 Å². The van der Waals surface area contributed by atoms with Gasteiger partial charge in [0.05, 0.1) is 23.5 Å². The number of benzene rings is 1. The molecule has 2 fully saturated rings. The number of aromatic nitrogens is 3. The monoisotopic (exact) mass is 516 g/mol. The zero-order valence-corrected chi connectivity index (χ0v) is 21.8. The van der Waals surface area contributed by atoms with Gasteiger partial charge < -0.3 is 19.9 Å². The zero-order chi connectivity index (χ0) is 26.5. The number of ether oxygens (including phenoxy) is 1. The topological polar surface area (TPSA) is 127 Å². The molecule has 200 valence electrons. The van der Waals surface area contributed by atoms with Crippen LogP contribution in [0.2, 0.25) is 0 Å². The van der Waals surface area contributed by atoms with Crippen LogP contribution in [0.15, 0.2) is 42.7 Å². The number of hydrogen-bond donors (Lipinski definition) is 2. The van der Waals surface area contributed by atoms with Gasteiger partial charge >= 0.3 is 5.97 Å². The van der Waals surface area contributed by atoms with Crippen LogP contribution in [0.3, 0.4) is 0 Å². The second kappa shape index (κ2) is 11.8. The van der Waals surface area contributed by atoms with E-state index in [-0.39, 0.29) is 36.7 Å². The summed E-state index contributed by atoms with van der Waals surface area (Å²) in [5.41, 5.74) is 8.78. The number of carbonyl (C=O) groups excluding carboxylic acids is 2. The summed E-state index contributed by atoms with van der Waals surface area (Å²) in [7, 11) is 0. The Balaban J connectivity index is 1.26. The Morgan fingerprint density at radius 3 is 2.47 bits per heavy atom. The molecule has 1 saturated heterocycles. The van der Waals surface area contributed by atoms with Crippen molar-refractivity contribution in [2.75, 3.05) is 18.0 Å². The van der Waals surface area contributed by atoms with Crippen LogP contribution in [-0.2, 0) is 27.5 Å². The van der Waals surface area contributed by atoms with Gasteiger partial charge in [-0.1, -0.05) is 32.1 Å². The summed E-state index contributed by atoms with van der Waals surface area (Å²) in [5.74, 6) is 0.734. The van der Waals surface area contributed by atoms with E-state index in [4.69, 9.17) is 20.9 Å². The number of fused-ring (bicyclic) bond motifs is 1. The highest BCUT2D eigenvalue weighted by Gasteiger charge is 2.27. The van der Waals surface area contributed by atoms with Crippen LogP contribution in [-0.4, -0.2) is 45.2 Å². The molecule has 1 aliphatic carbocycles. The highest BCUT2D eigenvalue weighted by molar-refractivity contribution is 5.98. The van der Waals surface area contributed by atoms with Gasteiger partial charge in [0.1, 0.15) is 18.3 Å². The van der Waals surface area contributed by atoms with E-state index in [0.717, 1.165) is 50.0 Å². The largest absolute Gasteiger partial charge is 0.457 e. The van der Waals surface area contributed by atoms with Gasteiger partial charge in [-0.3, -0.25) is 20.0 Å². The minimum Gasteiger partial charge on any atom is -0.457 e. The van der Waals surface area contributed by atoms with Crippen LogP contribution in [0.4, 0.5) is 5.69 Å². The molecule has 0 spiro atoms. The number of imidazole rings is 1. The van der Waals surface area contributed by atoms with Gasteiger partial charge in [0.15, 0.2) is 5.78 Å². The SMILES string of the molecule is N=C(N)c1ccc2c(c1)nc(COC(=O)C1CCN(c3ccncc3)CC1)n2CC(=O)CC1CCCCC1. The molecule has 0 bridgehead atoms. The summed E-state index contributed by atoms with van der Waals surface area (Å²) in [6.45, 7) is 1.77. The molecule has 1 saturated carbocycles. The van der Waals surface area contributed by atoms with Gasteiger partial charge in [-0.15, -0.1) is 0 Å². The number of rotatable bonds is 9. The van der Waals surface area contributed by atoms with E-state index in [2.05, 4.69) is 9.88 Å². The van der Waals surface area contributed by atoms with Gasteiger partial charge in [0.25, 0.3) is 0 Å². The quantitative estimate of drug-likeness (QED) is 0.248. The van der Waals surface area contributed by atoms with Crippen molar-refractivity contribution in [3.05, 3.63) is 54.1 Å². The number of Topliss-reactive ketones (excluding diaryl/α,β-unsaturated/α-hetero) is 1. The van der Waals surface area contributed by atoms with Gasteiger partial charge in [0, 0.05) is 43.2 Å². The number of nitrogens with two attached hydrogens (primary N) is 1. The van der Waals surface area contributed by atoms with Crippen LogP contribution < -0.4 is 10.6 Å². The van der Waals surface area contributed by atoms with Crippen LogP contribution in [0.1, 0.15) is 62.8 Å². The summed E-state index contributed by atoms with van der Waals surface area (Å²) < 4.78 is 7.62. The number of carbonyl (C=O) groups is 2. The van der Waals surface area contributed by atoms with E-state index < -0.39 is 0 Å². The lowest BCUT2D eigenvalue weighted by molar-refractivity contribution is -0.150. The first-order valence-electron chi connectivity index (χ1n) is 13.6. The third kappa shape index (κ3) is 6.03. The first-order valence-corrected chi connectivity index (χ1v) is 13.6. The molecule has 0 unspecified atom stereocenters. The Morgan fingerprint density at radius 2 is 1.76 bits per heavy atom.